The molecule has 0 fully saturated rings. The van der Waals surface area contributed by atoms with E-state index >= 15 is 0 Å². The number of hydrogen-bond donors (Lipinski definition) is 0. The van der Waals surface area contributed by atoms with Gasteiger partial charge in [-0.25, -0.2) is 0 Å². The molecule has 15 aromatic carbocycles. The first kappa shape index (κ1) is 54.6. The van der Waals surface area contributed by atoms with Crippen molar-refractivity contribution in [3.63, 3.8) is 0 Å². The van der Waals surface area contributed by atoms with E-state index in [1.54, 1.807) is 0 Å². The number of hydrogen-bond acceptors (Lipinski definition) is 2. The van der Waals surface area contributed by atoms with Crippen LogP contribution in [0.15, 0.2) is 328 Å². The summed E-state index contributed by atoms with van der Waals surface area (Å²) >= 11 is 0. The van der Waals surface area contributed by atoms with Gasteiger partial charge in [-0.3, -0.25) is 0 Å². The minimum atomic E-state index is -0.458. The van der Waals surface area contributed by atoms with E-state index in [4.69, 9.17) is 0 Å². The Morgan fingerprint density at radius 1 is 0.215 bits per heavy atom. The molecule has 2 unspecified atom stereocenters. The number of anilines is 6. The van der Waals surface area contributed by atoms with Crippen LogP contribution in [-0.4, -0.2) is 0 Å². The second-order valence-electron chi connectivity index (χ2n) is 26.6. The third-order valence-corrected chi connectivity index (χ3v) is 21.4. The highest BCUT2D eigenvalue weighted by Gasteiger charge is 2.44. The Hall–Kier alpha value is -11.3. The Morgan fingerprint density at radius 3 is 1.37 bits per heavy atom. The SMILES string of the molecule is CC1(C)c2ccccc2-c2ccc(N(c3ccc(-c4cccc(-c5cccc(C6(C)c7ccccc7-c7c(N(c8ccccc8)c8ccc9c%10ccccc%10c%10ccccc%10c9c8)cccc76)c5)c4)cc3)c3ccc4c(c3)-c3ccccc3C4(C)c3ccccc3)cc21. The van der Waals surface area contributed by atoms with Crippen molar-refractivity contribution in [2.75, 3.05) is 9.80 Å². The smallest absolute Gasteiger partial charge is 0.0543 e. The molecule has 3 aliphatic rings. The van der Waals surface area contributed by atoms with Gasteiger partial charge in [-0.2, -0.15) is 0 Å². The topological polar surface area (TPSA) is 6.48 Å². The molecule has 0 aromatic heterocycles. The van der Waals surface area contributed by atoms with E-state index in [1.165, 1.54) is 127 Å². The number of benzene rings is 15. The van der Waals surface area contributed by atoms with Crippen LogP contribution < -0.4 is 9.80 Å². The maximum absolute atomic E-state index is 2.48. The van der Waals surface area contributed by atoms with Gasteiger partial charge in [-0.1, -0.05) is 263 Å². The van der Waals surface area contributed by atoms with Gasteiger partial charge in [0.25, 0.3) is 0 Å². The summed E-state index contributed by atoms with van der Waals surface area (Å²) in [5.74, 6) is 0. The molecule has 0 saturated heterocycles. The lowest BCUT2D eigenvalue weighted by Crippen LogP contribution is -2.22. The van der Waals surface area contributed by atoms with Gasteiger partial charge >= 0.3 is 0 Å². The maximum atomic E-state index is 2.48. The second-order valence-corrected chi connectivity index (χ2v) is 26.6. The van der Waals surface area contributed by atoms with Crippen LogP contribution in [0.4, 0.5) is 34.1 Å². The molecule has 0 radical (unpaired) electrons. The van der Waals surface area contributed by atoms with Gasteiger partial charge in [0.1, 0.15) is 0 Å². The molecule has 0 amide bonds. The van der Waals surface area contributed by atoms with Gasteiger partial charge in [0.05, 0.1) is 5.69 Å². The third-order valence-electron chi connectivity index (χ3n) is 21.4. The van der Waals surface area contributed by atoms with Gasteiger partial charge in [0.2, 0.25) is 0 Å². The standard InChI is InChI=1S/C91H66N2/c1-89(2)81-39-18-15-36-75(81)77-52-49-69(58-86(77)89)92(67-50-53-84-80(57-67)76-37-16-19-40-82(76)90(84,3)63-27-7-5-8-28-63)66-46-44-59(45-47-66)60-24-21-25-61(54-60)62-26-22-29-64(55-62)91(4)83-41-20-17-38-78(83)88-85(91)42-23-43-87(88)93(65-30-9-6-10-31-65)68-48-51-74-72-34-12-11-32-70(72)71-33-13-14-35-73(71)79(74)56-68/h5-58H,1-4H3. The highest BCUT2D eigenvalue weighted by Crippen LogP contribution is 2.59. The number of fused-ring (bicyclic) bond motifs is 15. The van der Waals surface area contributed by atoms with E-state index in [0.29, 0.717) is 0 Å². The summed E-state index contributed by atoms with van der Waals surface area (Å²) in [4.78, 5) is 4.96. The van der Waals surface area contributed by atoms with E-state index in [9.17, 15) is 0 Å². The molecule has 18 rings (SSSR count). The Bertz CT molecular complexity index is 5490. The predicted octanol–water partition coefficient (Wildman–Crippen LogP) is 24.4. The summed E-state index contributed by atoms with van der Waals surface area (Å²) in [5, 5.41) is 7.59. The molecule has 0 spiro atoms. The summed E-state index contributed by atoms with van der Waals surface area (Å²) in [5.41, 5.74) is 28.9. The maximum Gasteiger partial charge on any atom is 0.0543 e. The van der Waals surface area contributed by atoms with Crippen molar-refractivity contribution >= 4 is 66.4 Å². The lowest BCUT2D eigenvalue weighted by molar-refractivity contribution is 0.660. The summed E-state index contributed by atoms with van der Waals surface area (Å²) in [7, 11) is 0. The van der Waals surface area contributed by atoms with Crippen molar-refractivity contribution in [2.45, 2.75) is 43.9 Å². The first-order chi connectivity index (χ1) is 45.6. The average Bonchev–Trinajstić information content (AvgIpc) is 1.60. The molecule has 0 heterocycles. The van der Waals surface area contributed by atoms with E-state index in [-0.39, 0.29) is 10.8 Å². The zero-order chi connectivity index (χ0) is 62.2. The van der Waals surface area contributed by atoms with Crippen molar-refractivity contribution in [1.29, 1.82) is 0 Å². The van der Waals surface area contributed by atoms with Gasteiger partial charge in [0.15, 0.2) is 0 Å². The van der Waals surface area contributed by atoms with Gasteiger partial charge in [-0.05, 0) is 220 Å². The van der Waals surface area contributed by atoms with Crippen LogP contribution in [0.3, 0.4) is 0 Å². The molecule has 15 aromatic rings. The van der Waals surface area contributed by atoms with Gasteiger partial charge in [0, 0.05) is 50.2 Å². The summed E-state index contributed by atoms with van der Waals surface area (Å²) in [6.45, 7) is 9.59. The van der Waals surface area contributed by atoms with Gasteiger partial charge in [-0.15, -0.1) is 0 Å². The summed E-state index contributed by atoms with van der Waals surface area (Å²) in [6, 6.07) is 123. The van der Waals surface area contributed by atoms with Crippen molar-refractivity contribution in [1.82, 2.24) is 0 Å². The minimum absolute atomic E-state index is 0.152. The average molecular weight is 1190 g/mol. The van der Waals surface area contributed by atoms with Crippen LogP contribution in [-0.2, 0) is 16.2 Å². The number of nitrogens with zero attached hydrogens (tertiary/aromatic N) is 2. The Labute approximate surface area is 544 Å². The first-order valence-corrected chi connectivity index (χ1v) is 32.7. The zero-order valence-electron chi connectivity index (χ0n) is 52.6. The third kappa shape index (κ3) is 8.21. The quantitative estimate of drug-likeness (QED) is 0.126. The minimum Gasteiger partial charge on any atom is -0.310 e. The van der Waals surface area contributed by atoms with Crippen LogP contribution in [0, 0.1) is 0 Å². The lowest BCUT2D eigenvalue weighted by Gasteiger charge is -2.31. The fraction of sp³-hybridized carbons (Fsp3) is 0.0769. The Balaban J connectivity index is 0.717. The molecule has 0 N–H and O–H groups in total. The molecular weight excluding hydrogens is 1120 g/mol. The molecule has 440 valence electrons. The largest absolute Gasteiger partial charge is 0.310 e. The van der Waals surface area contributed by atoms with Crippen LogP contribution in [0.25, 0.3) is 88.0 Å². The lowest BCUT2D eigenvalue weighted by atomic mass is 9.73. The zero-order valence-corrected chi connectivity index (χ0v) is 52.6. The fourth-order valence-corrected chi connectivity index (χ4v) is 16.7. The van der Waals surface area contributed by atoms with Crippen molar-refractivity contribution < 1.29 is 0 Å². The van der Waals surface area contributed by atoms with Crippen molar-refractivity contribution in [3.05, 3.63) is 372 Å². The van der Waals surface area contributed by atoms with Crippen LogP contribution >= 0.6 is 0 Å². The molecule has 2 heteroatoms. The predicted molar refractivity (Wildman–Crippen MR) is 392 cm³/mol. The first-order valence-electron chi connectivity index (χ1n) is 32.7. The normalized spacial score (nSPS) is 16.1. The molecule has 2 nitrogen and oxygen atoms in total. The van der Waals surface area contributed by atoms with E-state index in [0.717, 1.165) is 39.7 Å². The van der Waals surface area contributed by atoms with Crippen LogP contribution in [0.2, 0.25) is 0 Å². The number of rotatable bonds is 10. The fourth-order valence-electron chi connectivity index (χ4n) is 16.7. The molecule has 93 heavy (non-hydrogen) atoms. The van der Waals surface area contributed by atoms with Crippen molar-refractivity contribution in [3.8, 4) is 55.6 Å². The molecule has 2 atom stereocenters. The van der Waals surface area contributed by atoms with Crippen LogP contribution in [0.5, 0.6) is 0 Å². The van der Waals surface area contributed by atoms with E-state index in [2.05, 4.69) is 365 Å². The Morgan fingerprint density at radius 2 is 0.656 bits per heavy atom. The van der Waals surface area contributed by atoms with Gasteiger partial charge < -0.3 is 9.80 Å². The highest BCUT2D eigenvalue weighted by atomic mass is 15.1. The second kappa shape index (κ2) is 20.9. The van der Waals surface area contributed by atoms with Crippen LogP contribution in [0.1, 0.15) is 72.2 Å². The molecule has 3 aliphatic carbocycles. The highest BCUT2D eigenvalue weighted by molar-refractivity contribution is 6.26. The number of para-hydroxylation sites is 1. The summed E-state index contributed by atoms with van der Waals surface area (Å²) < 4.78 is 0. The summed E-state index contributed by atoms with van der Waals surface area (Å²) in [6.07, 6.45) is 0. The molecule has 0 saturated carbocycles. The molecule has 0 bridgehead atoms. The van der Waals surface area contributed by atoms with E-state index < -0.39 is 5.41 Å². The Kier molecular flexibility index (Phi) is 12.3. The van der Waals surface area contributed by atoms with Crippen molar-refractivity contribution in [2.24, 2.45) is 0 Å². The monoisotopic (exact) mass is 1190 g/mol. The molecule has 0 aliphatic heterocycles. The van der Waals surface area contributed by atoms with E-state index in [1.807, 2.05) is 0 Å². The molecular formula is C91H66N2.